The number of aryl methyl sites for hydroxylation is 3. The summed E-state index contributed by atoms with van der Waals surface area (Å²) < 4.78 is 0. The Labute approximate surface area is 144 Å². The lowest BCUT2D eigenvalue weighted by Crippen LogP contribution is -2.52. The molecule has 0 bridgehead atoms. The van der Waals surface area contributed by atoms with E-state index in [-0.39, 0.29) is 0 Å². The number of benzene rings is 1. The average Bonchev–Trinajstić information content (AvgIpc) is 2.54. The standard InChI is InChI=1S/C20H24N4/c1-14-6-5-7-18(10-14)24-9-8-23(13-17(24)4)20-19(12-21)15(2)11-16(3)22-20/h5-7,10-11,17H,8-9,13H2,1-4H3/t17-/m1/s1. The van der Waals surface area contributed by atoms with E-state index in [2.05, 4.69) is 59.0 Å². The third-order valence-electron chi connectivity index (χ3n) is 4.70. The van der Waals surface area contributed by atoms with Crippen molar-refractivity contribution in [3.63, 3.8) is 0 Å². The van der Waals surface area contributed by atoms with Crippen molar-refractivity contribution in [2.45, 2.75) is 33.7 Å². The third-order valence-corrected chi connectivity index (χ3v) is 4.70. The van der Waals surface area contributed by atoms with Gasteiger partial charge in [0.15, 0.2) is 0 Å². The Bertz CT molecular complexity index is 791. The summed E-state index contributed by atoms with van der Waals surface area (Å²) in [7, 11) is 0. The zero-order chi connectivity index (χ0) is 17.3. The molecule has 2 heterocycles. The smallest absolute Gasteiger partial charge is 0.147 e. The second-order valence-electron chi connectivity index (χ2n) is 6.72. The number of aromatic nitrogens is 1. The molecular formula is C20H24N4. The topological polar surface area (TPSA) is 43.2 Å². The number of hydrogen-bond acceptors (Lipinski definition) is 4. The van der Waals surface area contributed by atoms with Crippen molar-refractivity contribution in [3.8, 4) is 6.07 Å². The molecule has 0 aliphatic carbocycles. The van der Waals surface area contributed by atoms with Gasteiger partial charge in [0.1, 0.15) is 11.9 Å². The SMILES string of the molecule is Cc1cccc(N2CCN(c3nc(C)cc(C)c3C#N)C[C@H]2C)c1. The summed E-state index contributed by atoms with van der Waals surface area (Å²) in [5.74, 6) is 0.839. The highest BCUT2D eigenvalue weighted by Crippen LogP contribution is 2.27. The molecule has 4 heteroatoms. The van der Waals surface area contributed by atoms with E-state index in [1.54, 1.807) is 0 Å². The fourth-order valence-corrected chi connectivity index (χ4v) is 3.52. The number of piperazine rings is 1. The van der Waals surface area contributed by atoms with Gasteiger partial charge in [0.2, 0.25) is 0 Å². The van der Waals surface area contributed by atoms with Crippen molar-refractivity contribution in [1.29, 1.82) is 5.26 Å². The predicted octanol–water partition coefficient (Wildman–Crippen LogP) is 3.59. The molecule has 1 aliphatic rings. The normalized spacial score (nSPS) is 17.7. The molecule has 0 unspecified atom stereocenters. The van der Waals surface area contributed by atoms with Crippen molar-refractivity contribution < 1.29 is 0 Å². The molecule has 1 aromatic carbocycles. The Hall–Kier alpha value is -2.54. The molecule has 1 aromatic heterocycles. The fourth-order valence-electron chi connectivity index (χ4n) is 3.52. The zero-order valence-corrected chi connectivity index (χ0v) is 14.9. The van der Waals surface area contributed by atoms with Crippen LogP contribution in [0.5, 0.6) is 0 Å². The largest absolute Gasteiger partial charge is 0.365 e. The first-order chi connectivity index (χ1) is 11.5. The summed E-state index contributed by atoms with van der Waals surface area (Å²) >= 11 is 0. The van der Waals surface area contributed by atoms with Gasteiger partial charge in [-0.2, -0.15) is 5.26 Å². The maximum atomic E-state index is 9.52. The highest BCUT2D eigenvalue weighted by Gasteiger charge is 2.26. The van der Waals surface area contributed by atoms with Crippen LogP contribution >= 0.6 is 0 Å². The average molecular weight is 320 g/mol. The van der Waals surface area contributed by atoms with Gasteiger partial charge in [-0.15, -0.1) is 0 Å². The van der Waals surface area contributed by atoms with Gasteiger partial charge in [0, 0.05) is 37.1 Å². The maximum absolute atomic E-state index is 9.52. The molecule has 0 radical (unpaired) electrons. The van der Waals surface area contributed by atoms with E-state index in [0.29, 0.717) is 11.6 Å². The quantitative estimate of drug-likeness (QED) is 0.848. The highest BCUT2D eigenvalue weighted by molar-refractivity contribution is 5.60. The van der Waals surface area contributed by atoms with Crippen LogP contribution in [0.15, 0.2) is 30.3 Å². The predicted molar refractivity (Wildman–Crippen MR) is 98.6 cm³/mol. The van der Waals surface area contributed by atoms with Gasteiger partial charge >= 0.3 is 0 Å². The van der Waals surface area contributed by atoms with Gasteiger partial charge in [-0.1, -0.05) is 12.1 Å². The van der Waals surface area contributed by atoms with Crippen LogP contribution in [0, 0.1) is 32.1 Å². The van der Waals surface area contributed by atoms with Crippen molar-refractivity contribution >= 4 is 11.5 Å². The van der Waals surface area contributed by atoms with Crippen molar-refractivity contribution in [2.24, 2.45) is 0 Å². The number of nitriles is 1. The molecule has 124 valence electrons. The molecule has 0 spiro atoms. The fraction of sp³-hybridized carbons (Fsp3) is 0.400. The molecule has 1 aliphatic heterocycles. The first-order valence-corrected chi connectivity index (χ1v) is 8.46. The molecule has 2 aromatic rings. The van der Waals surface area contributed by atoms with Gasteiger partial charge < -0.3 is 9.80 Å². The van der Waals surface area contributed by atoms with Crippen LogP contribution in [-0.2, 0) is 0 Å². The molecule has 0 N–H and O–H groups in total. The van der Waals surface area contributed by atoms with Gasteiger partial charge in [0.05, 0.1) is 5.56 Å². The van der Waals surface area contributed by atoms with Crippen molar-refractivity contribution in [2.75, 3.05) is 29.4 Å². The molecule has 1 saturated heterocycles. The summed E-state index contributed by atoms with van der Waals surface area (Å²) in [4.78, 5) is 9.36. The van der Waals surface area contributed by atoms with Gasteiger partial charge in [-0.3, -0.25) is 0 Å². The number of rotatable bonds is 2. The molecule has 3 rings (SSSR count). The Morgan fingerprint density at radius 2 is 1.96 bits per heavy atom. The molecule has 0 saturated carbocycles. The van der Waals surface area contributed by atoms with E-state index >= 15 is 0 Å². The lowest BCUT2D eigenvalue weighted by molar-refractivity contribution is 0.546. The highest BCUT2D eigenvalue weighted by atomic mass is 15.3. The first kappa shape index (κ1) is 16.3. The lowest BCUT2D eigenvalue weighted by Gasteiger charge is -2.42. The molecule has 1 fully saturated rings. The number of pyridine rings is 1. The van der Waals surface area contributed by atoms with Crippen LogP contribution in [-0.4, -0.2) is 30.7 Å². The molecular weight excluding hydrogens is 296 g/mol. The number of nitrogens with zero attached hydrogens (tertiary/aromatic N) is 4. The van der Waals surface area contributed by atoms with E-state index in [0.717, 1.165) is 36.7 Å². The minimum atomic E-state index is 0.370. The Morgan fingerprint density at radius 3 is 2.62 bits per heavy atom. The Kier molecular flexibility index (Phi) is 4.44. The van der Waals surface area contributed by atoms with E-state index in [1.165, 1.54) is 11.3 Å². The minimum Gasteiger partial charge on any atom is -0.365 e. The van der Waals surface area contributed by atoms with Crippen molar-refractivity contribution in [1.82, 2.24) is 4.98 Å². The molecule has 0 amide bonds. The van der Waals surface area contributed by atoms with Crippen LogP contribution in [0.1, 0.15) is 29.3 Å². The monoisotopic (exact) mass is 320 g/mol. The summed E-state index contributed by atoms with van der Waals surface area (Å²) in [6.45, 7) is 11.0. The minimum absolute atomic E-state index is 0.370. The summed E-state index contributed by atoms with van der Waals surface area (Å²) in [5, 5.41) is 9.52. The Balaban J connectivity index is 1.85. The lowest BCUT2D eigenvalue weighted by atomic mass is 10.1. The first-order valence-electron chi connectivity index (χ1n) is 8.46. The van der Waals surface area contributed by atoms with Gasteiger partial charge in [-0.25, -0.2) is 4.98 Å². The number of hydrogen-bond donors (Lipinski definition) is 0. The Morgan fingerprint density at radius 1 is 1.17 bits per heavy atom. The van der Waals surface area contributed by atoms with E-state index < -0.39 is 0 Å². The van der Waals surface area contributed by atoms with Crippen LogP contribution in [0.25, 0.3) is 0 Å². The second-order valence-corrected chi connectivity index (χ2v) is 6.72. The molecule has 4 nitrogen and oxygen atoms in total. The van der Waals surface area contributed by atoms with Gasteiger partial charge in [-0.05, 0) is 57.0 Å². The van der Waals surface area contributed by atoms with Gasteiger partial charge in [0.25, 0.3) is 0 Å². The maximum Gasteiger partial charge on any atom is 0.147 e. The van der Waals surface area contributed by atoms with Crippen LogP contribution in [0.3, 0.4) is 0 Å². The third kappa shape index (κ3) is 3.07. The van der Waals surface area contributed by atoms with E-state index in [4.69, 9.17) is 0 Å². The zero-order valence-electron chi connectivity index (χ0n) is 14.9. The summed E-state index contributed by atoms with van der Waals surface area (Å²) in [6.07, 6.45) is 0. The van der Waals surface area contributed by atoms with E-state index in [1.807, 2.05) is 19.9 Å². The molecule has 24 heavy (non-hydrogen) atoms. The van der Waals surface area contributed by atoms with Crippen molar-refractivity contribution in [3.05, 3.63) is 52.7 Å². The second kappa shape index (κ2) is 6.52. The van der Waals surface area contributed by atoms with Crippen LogP contribution in [0.2, 0.25) is 0 Å². The van der Waals surface area contributed by atoms with Crippen LogP contribution in [0.4, 0.5) is 11.5 Å². The summed E-state index contributed by atoms with van der Waals surface area (Å²) in [5.41, 5.74) is 5.24. The number of anilines is 2. The van der Waals surface area contributed by atoms with Crippen LogP contribution < -0.4 is 9.80 Å². The van der Waals surface area contributed by atoms with E-state index in [9.17, 15) is 5.26 Å². The summed E-state index contributed by atoms with van der Waals surface area (Å²) in [6, 6.07) is 13.3. The molecule has 1 atom stereocenters.